The van der Waals surface area contributed by atoms with E-state index in [1.807, 2.05) is 0 Å². The van der Waals surface area contributed by atoms with Crippen molar-refractivity contribution in [3.05, 3.63) is 29.3 Å². The van der Waals surface area contributed by atoms with Crippen LogP contribution in [-0.4, -0.2) is 132 Å². The summed E-state index contributed by atoms with van der Waals surface area (Å²) in [5.74, 6) is -2.99. The second kappa shape index (κ2) is 18.9. The lowest BCUT2D eigenvalue weighted by atomic mass is 10.0. The maximum absolute atomic E-state index is 13.1. The molecule has 0 aromatic heterocycles. The lowest BCUT2D eigenvalue weighted by Gasteiger charge is -2.27. The Kier molecular flexibility index (Phi) is 15.0. The van der Waals surface area contributed by atoms with Crippen LogP contribution in [0.4, 0.5) is 0 Å². The Morgan fingerprint density at radius 2 is 1.26 bits per heavy atom. The van der Waals surface area contributed by atoms with Gasteiger partial charge in [0, 0.05) is 6.42 Å². The minimum Gasteiger partial charge on any atom is -0.490 e. The number of carboxylic acid groups (broad SMARTS) is 1. The number of fused-ring (bicyclic) bond motifs is 1. The van der Waals surface area contributed by atoms with Crippen molar-refractivity contribution in [1.82, 2.24) is 10.2 Å². The Morgan fingerprint density at radius 3 is 1.77 bits per heavy atom. The Bertz CT molecular complexity index is 1100. The third-order valence-electron chi connectivity index (χ3n) is 6.24. The largest absolute Gasteiger partial charge is 0.490 e. The molecule has 43 heavy (non-hydrogen) atoms. The van der Waals surface area contributed by atoms with E-state index in [0.29, 0.717) is 66.1 Å². The summed E-state index contributed by atoms with van der Waals surface area (Å²) >= 11 is 0. The van der Waals surface area contributed by atoms with Gasteiger partial charge < -0.3 is 38.3 Å². The van der Waals surface area contributed by atoms with E-state index in [0.717, 1.165) is 4.90 Å². The summed E-state index contributed by atoms with van der Waals surface area (Å²) in [5.41, 5.74) is 0.245. The Balaban J connectivity index is 1.16. The summed E-state index contributed by atoms with van der Waals surface area (Å²) in [6.45, 7) is 4.35. The van der Waals surface area contributed by atoms with E-state index in [1.165, 1.54) is 6.07 Å². The van der Waals surface area contributed by atoms with Crippen LogP contribution in [0.1, 0.15) is 40.0 Å². The molecule has 2 aliphatic heterocycles. The van der Waals surface area contributed by atoms with Crippen LogP contribution in [0.15, 0.2) is 18.2 Å². The number of benzene rings is 1. The molecule has 2 N–H and O–H groups in total. The van der Waals surface area contributed by atoms with Crippen LogP contribution < -0.4 is 10.1 Å². The summed E-state index contributed by atoms with van der Waals surface area (Å²) in [5, 5.41) is 10.7. The number of carboxylic acids is 1. The highest BCUT2D eigenvalue weighted by atomic mass is 16.6. The number of carbonyl (C=O) groups is 5. The van der Waals surface area contributed by atoms with Crippen LogP contribution in [0.3, 0.4) is 0 Å². The highest BCUT2D eigenvalue weighted by molar-refractivity contribution is 6.24. The average molecular weight is 611 g/mol. The van der Waals surface area contributed by atoms with Crippen molar-refractivity contribution >= 4 is 29.6 Å². The number of amides is 4. The van der Waals surface area contributed by atoms with Gasteiger partial charge in [0.2, 0.25) is 11.8 Å². The second-order valence-corrected chi connectivity index (χ2v) is 9.29. The van der Waals surface area contributed by atoms with Crippen molar-refractivity contribution in [3.63, 3.8) is 0 Å². The van der Waals surface area contributed by atoms with Gasteiger partial charge in [0.1, 0.15) is 18.4 Å². The summed E-state index contributed by atoms with van der Waals surface area (Å²) in [4.78, 5) is 60.8. The normalized spacial score (nSPS) is 16.5. The number of hydrogen-bond donors (Lipinski definition) is 2. The number of nitrogens with one attached hydrogen (secondary N) is 1. The number of ether oxygens (including phenoxy) is 7. The fourth-order valence-corrected chi connectivity index (χ4v) is 4.18. The van der Waals surface area contributed by atoms with Crippen molar-refractivity contribution in [2.75, 3.05) is 85.9 Å². The molecule has 2 heterocycles. The van der Waals surface area contributed by atoms with Crippen LogP contribution in [-0.2, 0) is 42.8 Å². The van der Waals surface area contributed by atoms with Crippen LogP contribution in [0, 0.1) is 0 Å². The van der Waals surface area contributed by atoms with Crippen molar-refractivity contribution in [1.29, 1.82) is 0 Å². The first-order valence-corrected chi connectivity index (χ1v) is 14.1. The molecule has 1 fully saturated rings. The molecule has 4 amide bonds. The van der Waals surface area contributed by atoms with E-state index >= 15 is 0 Å². The number of carbonyl (C=O) groups excluding carboxylic acids is 4. The zero-order valence-corrected chi connectivity index (χ0v) is 23.9. The third kappa shape index (κ3) is 11.3. The standard InChI is InChI=1S/C28H38N2O13/c31-23-5-4-21(26(34)29-23)30-27(35)20-2-1-3-22(25(20)28(30)36)43-19-18-42-17-16-41-15-14-40-13-12-39-11-10-38-9-8-37-7-6-24(32)33/h1-3,21H,4-19H2,(H,32,33)(H,29,31,34). The Labute approximate surface area is 248 Å². The highest BCUT2D eigenvalue weighted by Gasteiger charge is 2.45. The molecule has 0 aliphatic carbocycles. The summed E-state index contributed by atoms with van der Waals surface area (Å²) in [6.07, 6.45) is 0.103. The van der Waals surface area contributed by atoms with E-state index in [4.69, 9.17) is 38.3 Å². The SMILES string of the molecule is O=C(O)CCOCCOCCOCCOCCOCCOCCOc1cccc2c1C(=O)N(C1CCC(=O)NC1=O)C2=O. The van der Waals surface area contributed by atoms with Gasteiger partial charge in [-0.3, -0.25) is 34.2 Å². The van der Waals surface area contributed by atoms with Gasteiger partial charge in [-0.1, -0.05) is 6.07 Å². The number of nitrogens with zero attached hydrogens (tertiary/aromatic N) is 1. The van der Waals surface area contributed by atoms with Gasteiger partial charge in [-0.05, 0) is 18.6 Å². The number of aliphatic carboxylic acids is 1. The molecule has 238 valence electrons. The number of hydrogen-bond acceptors (Lipinski definition) is 12. The molecule has 2 aliphatic rings. The molecule has 0 spiro atoms. The van der Waals surface area contributed by atoms with Gasteiger partial charge >= 0.3 is 5.97 Å². The minimum absolute atomic E-state index is 0.0252. The van der Waals surface area contributed by atoms with Crippen LogP contribution in [0.5, 0.6) is 5.75 Å². The molecule has 1 aromatic carbocycles. The summed E-state index contributed by atoms with van der Waals surface area (Å²) < 4.78 is 37.8. The van der Waals surface area contributed by atoms with Gasteiger partial charge in [-0.25, -0.2) is 0 Å². The molecule has 15 nitrogen and oxygen atoms in total. The van der Waals surface area contributed by atoms with Gasteiger partial charge in [0.05, 0.1) is 96.8 Å². The topological polar surface area (TPSA) is 185 Å². The van der Waals surface area contributed by atoms with Gasteiger partial charge in [-0.15, -0.1) is 0 Å². The van der Waals surface area contributed by atoms with Crippen LogP contribution in [0.25, 0.3) is 0 Å². The number of piperidine rings is 1. The molecular weight excluding hydrogens is 572 g/mol. The lowest BCUT2D eigenvalue weighted by molar-refractivity contribution is -0.138. The van der Waals surface area contributed by atoms with Gasteiger partial charge in [0.15, 0.2) is 0 Å². The predicted molar refractivity (Wildman–Crippen MR) is 146 cm³/mol. The molecular formula is C28H38N2O13. The number of imide groups is 2. The molecule has 0 bridgehead atoms. The van der Waals surface area contributed by atoms with E-state index in [2.05, 4.69) is 5.32 Å². The quantitative estimate of drug-likeness (QED) is 0.125. The zero-order chi connectivity index (χ0) is 30.9. The maximum Gasteiger partial charge on any atom is 0.305 e. The van der Waals surface area contributed by atoms with E-state index in [1.54, 1.807) is 12.1 Å². The van der Waals surface area contributed by atoms with E-state index < -0.39 is 35.6 Å². The van der Waals surface area contributed by atoms with Crippen molar-refractivity contribution in [2.45, 2.75) is 25.3 Å². The van der Waals surface area contributed by atoms with Crippen LogP contribution in [0.2, 0.25) is 0 Å². The highest BCUT2D eigenvalue weighted by Crippen LogP contribution is 2.33. The molecule has 1 unspecified atom stereocenters. The van der Waals surface area contributed by atoms with E-state index in [-0.39, 0.29) is 56.0 Å². The van der Waals surface area contributed by atoms with Crippen LogP contribution >= 0.6 is 0 Å². The third-order valence-corrected chi connectivity index (χ3v) is 6.24. The molecule has 0 saturated carbocycles. The molecule has 1 saturated heterocycles. The first kappa shape index (κ1) is 34.0. The molecule has 1 atom stereocenters. The maximum atomic E-state index is 13.1. The van der Waals surface area contributed by atoms with Gasteiger partial charge in [0.25, 0.3) is 11.8 Å². The molecule has 3 rings (SSSR count). The lowest BCUT2D eigenvalue weighted by Crippen LogP contribution is -2.54. The minimum atomic E-state index is -1.04. The van der Waals surface area contributed by atoms with E-state index in [9.17, 15) is 24.0 Å². The van der Waals surface area contributed by atoms with Crippen molar-refractivity contribution in [3.8, 4) is 5.75 Å². The van der Waals surface area contributed by atoms with Crippen molar-refractivity contribution in [2.24, 2.45) is 0 Å². The molecule has 1 aromatic rings. The first-order valence-electron chi connectivity index (χ1n) is 14.1. The fraction of sp³-hybridized carbons (Fsp3) is 0.607. The first-order chi connectivity index (χ1) is 20.9. The fourth-order valence-electron chi connectivity index (χ4n) is 4.18. The summed E-state index contributed by atoms with van der Waals surface area (Å²) in [7, 11) is 0. The Morgan fingerprint density at radius 1 is 0.744 bits per heavy atom. The monoisotopic (exact) mass is 610 g/mol. The number of rotatable bonds is 23. The molecule has 0 radical (unpaired) electrons. The average Bonchev–Trinajstić information content (AvgIpc) is 3.23. The van der Waals surface area contributed by atoms with Crippen molar-refractivity contribution < 1.29 is 62.2 Å². The predicted octanol–water partition coefficient (Wildman–Crippen LogP) is 0.0409. The molecule has 15 heteroatoms. The summed E-state index contributed by atoms with van der Waals surface area (Å²) in [6, 6.07) is 3.63. The second-order valence-electron chi connectivity index (χ2n) is 9.29. The smallest absolute Gasteiger partial charge is 0.305 e. The zero-order valence-electron chi connectivity index (χ0n) is 23.9. The Hall–Kier alpha value is -3.47. The van der Waals surface area contributed by atoms with Gasteiger partial charge in [-0.2, -0.15) is 0 Å².